The van der Waals surface area contributed by atoms with Gasteiger partial charge in [-0.1, -0.05) is 18.2 Å². The van der Waals surface area contributed by atoms with Crippen molar-refractivity contribution in [3.8, 4) is 5.75 Å². The Bertz CT molecular complexity index is 690. The van der Waals surface area contributed by atoms with Crippen molar-refractivity contribution in [3.05, 3.63) is 58.4 Å². The molecule has 0 fully saturated rings. The fourth-order valence-corrected chi connectivity index (χ4v) is 2.48. The number of para-hydroxylation sites is 3. The van der Waals surface area contributed by atoms with Crippen molar-refractivity contribution in [3.63, 3.8) is 0 Å². The predicted molar refractivity (Wildman–Crippen MR) is 76.6 cm³/mol. The van der Waals surface area contributed by atoms with Crippen LogP contribution in [0.4, 0.5) is 21.5 Å². The highest BCUT2D eigenvalue weighted by molar-refractivity contribution is 5.76. The minimum Gasteiger partial charge on any atom is -0.491 e. The van der Waals surface area contributed by atoms with E-state index in [1.807, 2.05) is 18.2 Å². The molecule has 0 radical (unpaired) electrons. The highest BCUT2D eigenvalue weighted by atomic mass is 19.1. The molecule has 2 aromatic rings. The Labute approximate surface area is 120 Å². The number of hydrogen-bond donors (Lipinski definition) is 0. The molecule has 0 unspecified atom stereocenters. The molecule has 0 N–H and O–H groups in total. The van der Waals surface area contributed by atoms with Crippen LogP contribution < -0.4 is 9.64 Å². The van der Waals surface area contributed by atoms with Crippen molar-refractivity contribution in [2.75, 3.05) is 18.1 Å². The van der Waals surface area contributed by atoms with Crippen molar-refractivity contribution in [1.29, 1.82) is 0 Å². The number of hydrogen-bond acceptors (Lipinski definition) is 4. The van der Waals surface area contributed by atoms with Crippen LogP contribution in [-0.4, -0.2) is 18.1 Å². The third kappa shape index (κ3) is 2.40. The van der Waals surface area contributed by atoms with E-state index < -0.39 is 16.4 Å². The first-order valence-corrected chi connectivity index (χ1v) is 6.61. The molecule has 0 aliphatic carbocycles. The summed E-state index contributed by atoms with van der Waals surface area (Å²) in [6, 6.07) is 11.4. The van der Waals surface area contributed by atoms with E-state index in [9.17, 15) is 14.5 Å². The van der Waals surface area contributed by atoms with Gasteiger partial charge in [-0.2, -0.15) is 4.39 Å². The molecular formula is C15H13FN2O3. The second kappa shape index (κ2) is 5.40. The Kier molecular flexibility index (Phi) is 3.43. The average Bonchev–Trinajstić information content (AvgIpc) is 2.68. The summed E-state index contributed by atoms with van der Waals surface area (Å²) in [5, 5.41) is 11.2. The normalized spacial score (nSPS) is 14.0. The summed E-state index contributed by atoms with van der Waals surface area (Å²) in [4.78, 5) is 12.2. The summed E-state index contributed by atoms with van der Waals surface area (Å²) in [5.41, 5.74) is 0.454. The largest absolute Gasteiger partial charge is 0.491 e. The second-order valence-corrected chi connectivity index (χ2v) is 4.69. The Balaban J connectivity index is 2.17. The molecule has 1 aliphatic heterocycles. The summed E-state index contributed by atoms with van der Waals surface area (Å²) in [7, 11) is 0. The van der Waals surface area contributed by atoms with Gasteiger partial charge in [-0.05, 0) is 30.7 Å². The first-order chi connectivity index (χ1) is 10.2. The molecule has 0 aromatic heterocycles. The maximum Gasteiger partial charge on any atom is 0.328 e. The number of nitro benzene ring substituents is 1. The van der Waals surface area contributed by atoms with Gasteiger partial charge in [0.05, 0.1) is 17.2 Å². The number of ether oxygens (including phenoxy) is 1. The zero-order valence-electron chi connectivity index (χ0n) is 11.2. The standard InChI is InChI=1S/C15H13FN2O3/c16-11-5-3-7-13(15(11)18(19)20)17-9-4-10-21-14-8-2-1-6-12(14)17/h1-3,5-8H,4,9-10H2. The van der Waals surface area contributed by atoms with Crippen molar-refractivity contribution < 1.29 is 14.1 Å². The first-order valence-electron chi connectivity index (χ1n) is 6.61. The lowest BCUT2D eigenvalue weighted by molar-refractivity contribution is -0.386. The van der Waals surface area contributed by atoms with Gasteiger partial charge in [0.15, 0.2) is 0 Å². The third-order valence-corrected chi connectivity index (χ3v) is 3.38. The zero-order chi connectivity index (χ0) is 14.8. The number of rotatable bonds is 2. The summed E-state index contributed by atoms with van der Waals surface area (Å²) in [6.45, 7) is 1.05. The Hall–Kier alpha value is -2.63. The molecule has 2 aromatic carbocycles. The maximum atomic E-state index is 13.8. The number of anilines is 2. The highest BCUT2D eigenvalue weighted by Crippen LogP contribution is 2.40. The SMILES string of the molecule is O=[N+]([O-])c1c(F)cccc1N1CCCOc2ccccc21. The topological polar surface area (TPSA) is 55.6 Å². The minimum absolute atomic E-state index is 0.248. The molecular weight excluding hydrogens is 275 g/mol. The van der Waals surface area contributed by atoms with Crippen molar-refractivity contribution in [2.45, 2.75) is 6.42 Å². The van der Waals surface area contributed by atoms with Crippen LogP contribution in [0.1, 0.15) is 6.42 Å². The molecule has 1 heterocycles. The van der Waals surface area contributed by atoms with Gasteiger partial charge >= 0.3 is 5.69 Å². The number of halogens is 1. The van der Waals surface area contributed by atoms with Crippen molar-refractivity contribution >= 4 is 17.1 Å². The van der Waals surface area contributed by atoms with Crippen molar-refractivity contribution in [2.24, 2.45) is 0 Å². The molecule has 1 aliphatic rings. The lowest BCUT2D eigenvalue weighted by atomic mass is 10.2. The smallest absolute Gasteiger partial charge is 0.328 e. The van der Waals surface area contributed by atoms with Gasteiger partial charge in [-0.25, -0.2) is 0 Å². The second-order valence-electron chi connectivity index (χ2n) is 4.69. The fourth-order valence-electron chi connectivity index (χ4n) is 2.48. The Morgan fingerprint density at radius 2 is 1.90 bits per heavy atom. The van der Waals surface area contributed by atoms with Crippen LogP contribution in [0.5, 0.6) is 5.75 Å². The van der Waals surface area contributed by atoms with E-state index >= 15 is 0 Å². The highest BCUT2D eigenvalue weighted by Gasteiger charge is 2.27. The molecule has 0 bridgehead atoms. The molecule has 0 spiro atoms. The quantitative estimate of drug-likeness (QED) is 0.625. The number of fused-ring (bicyclic) bond motifs is 1. The minimum atomic E-state index is -0.833. The van der Waals surface area contributed by atoms with Crippen LogP contribution in [-0.2, 0) is 0 Å². The van der Waals surface area contributed by atoms with Gasteiger partial charge in [0.25, 0.3) is 0 Å². The zero-order valence-corrected chi connectivity index (χ0v) is 11.2. The first kappa shape index (κ1) is 13.4. The summed E-state index contributed by atoms with van der Waals surface area (Å²) < 4.78 is 19.5. The van der Waals surface area contributed by atoms with Gasteiger partial charge in [-0.15, -0.1) is 0 Å². The lowest BCUT2D eigenvalue weighted by Gasteiger charge is -2.23. The van der Waals surface area contributed by atoms with Gasteiger partial charge in [-0.3, -0.25) is 10.1 Å². The molecule has 0 amide bonds. The van der Waals surface area contributed by atoms with Crippen LogP contribution in [0.15, 0.2) is 42.5 Å². The predicted octanol–water partition coefficient (Wildman–Crippen LogP) is 3.65. The monoisotopic (exact) mass is 288 g/mol. The van der Waals surface area contributed by atoms with Crippen LogP contribution in [0, 0.1) is 15.9 Å². The molecule has 0 atom stereocenters. The van der Waals surface area contributed by atoms with E-state index in [1.54, 1.807) is 17.0 Å². The summed E-state index contributed by atoms with van der Waals surface area (Å²) in [5.74, 6) is -0.186. The van der Waals surface area contributed by atoms with E-state index in [1.165, 1.54) is 6.07 Å². The summed E-state index contributed by atoms with van der Waals surface area (Å²) in [6.07, 6.45) is 0.697. The molecule has 21 heavy (non-hydrogen) atoms. The van der Waals surface area contributed by atoms with Gasteiger partial charge < -0.3 is 9.64 Å². The molecule has 5 nitrogen and oxygen atoms in total. The van der Waals surface area contributed by atoms with Crippen LogP contribution >= 0.6 is 0 Å². The Morgan fingerprint density at radius 1 is 1.14 bits per heavy atom. The van der Waals surface area contributed by atoms with Crippen LogP contribution in [0.3, 0.4) is 0 Å². The molecule has 0 saturated heterocycles. The van der Waals surface area contributed by atoms with Gasteiger partial charge in [0, 0.05) is 6.54 Å². The third-order valence-electron chi connectivity index (χ3n) is 3.38. The Morgan fingerprint density at radius 3 is 2.71 bits per heavy atom. The summed E-state index contributed by atoms with van der Waals surface area (Å²) >= 11 is 0. The van der Waals surface area contributed by atoms with E-state index in [0.717, 1.165) is 6.07 Å². The molecule has 108 valence electrons. The number of benzene rings is 2. The van der Waals surface area contributed by atoms with Crippen LogP contribution in [0.2, 0.25) is 0 Å². The van der Waals surface area contributed by atoms with Crippen molar-refractivity contribution in [1.82, 2.24) is 0 Å². The average molecular weight is 288 g/mol. The van der Waals surface area contributed by atoms with E-state index in [-0.39, 0.29) is 5.69 Å². The van der Waals surface area contributed by atoms with E-state index in [4.69, 9.17) is 4.74 Å². The van der Waals surface area contributed by atoms with E-state index in [0.29, 0.717) is 31.0 Å². The van der Waals surface area contributed by atoms with Crippen LogP contribution in [0.25, 0.3) is 0 Å². The number of nitro groups is 1. The van der Waals surface area contributed by atoms with Gasteiger partial charge in [0.1, 0.15) is 11.4 Å². The van der Waals surface area contributed by atoms with E-state index in [2.05, 4.69) is 0 Å². The number of nitrogens with zero attached hydrogens (tertiary/aromatic N) is 2. The van der Waals surface area contributed by atoms with Gasteiger partial charge in [0.2, 0.25) is 5.82 Å². The molecule has 6 heteroatoms. The molecule has 3 rings (SSSR count). The fraction of sp³-hybridized carbons (Fsp3) is 0.200. The maximum absolute atomic E-state index is 13.8. The molecule has 0 saturated carbocycles. The lowest BCUT2D eigenvalue weighted by Crippen LogP contribution is -2.19.